The third-order valence-corrected chi connectivity index (χ3v) is 2.25. The van der Waals surface area contributed by atoms with Crippen molar-refractivity contribution < 1.29 is 9.13 Å². The highest BCUT2D eigenvalue weighted by atomic mass is 19.1. The number of rotatable bonds is 6. The lowest BCUT2D eigenvalue weighted by Gasteiger charge is -2.15. The van der Waals surface area contributed by atoms with Crippen LogP contribution in [0, 0.1) is 11.7 Å². The van der Waals surface area contributed by atoms with E-state index in [-0.39, 0.29) is 11.9 Å². The van der Waals surface area contributed by atoms with E-state index in [2.05, 4.69) is 19.2 Å². The van der Waals surface area contributed by atoms with Gasteiger partial charge in [-0.15, -0.1) is 0 Å². The fraction of sp³-hybridized carbons (Fsp3) is 0.571. The highest BCUT2D eigenvalue weighted by Crippen LogP contribution is 2.20. The highest BCUT2D eigenvalue weighted by Gasteiger charge is 2.07. The monoisotopic (exact) mass is 239 g/mol. The van der Waals surface area contributed by atoms with Crippen molar-refractivity contribution >= 4 is 0 Å². The predicted octanol–water partition coefficient (Wildman–Crippen LogP) is 3.36. The smallest absolute Gasteiger partial charge is 0.124 e. The molecule has 1 aromatic rings. The number of hydrogen-bond donors (Lipinski definition) is 1. The first-order valence-corrected chi connectivity index (χ1v) is 6.15. The minimum Gasteiger partial charge on any atom is -0.491 e. The largest absolute Gasteiger partial charge is 0.491 e. The molecule has 1 N–H and O–H groups in total. The van der Waals surface area contributed by atoms with Gasteiger partial charge in [0.15, 0.2) is 0 Å². The summed E-state index contributed by atoms with van der Waals surface area (Å²) < 4.78 is 18.8. The molecule has 0 aromatic heterocycles. The molecule has 1 rings (SSSR count). The van der Waals surface area contributed by atoms with Crippen molar-refractivity contribution in [3.05, 3.63) is 29.6 Å². The molecule has 0 saturated heterocycles. The first-order valence-electron chi connectivity index (χ1n) is 6.15. The van der Waals surface area contributed by atoms with Gasteiger partial charge in [0.25, 0.3) is 0 Å². The number of benzene rings is 1. The zero-order valence-corrected chi connectivity index (χ0v) is 11.1. The molecule has 0 saturated carbocycles. The molecule has 0 bridgehead atoms. The lowest BCUT2D eigenvalue weighted by atomic mass is 10.1. The Morgan fingerprint density at radius 2 is 1.94 bits per heavy atom. The fourth-order valence-corrected chi connectivity index (χ4v) is 1.55. The normalized spacial score (nSPS) is 11.2. The van der Waals surface area contributed by atoms with E-state index in [1.807, 2.05) is 13.8 Å². The maximum Gasteiger partial charge on any atom is 0.124 e. The van der Waals surface area contributed by atoms with E-state index >= 15 is 0 Å². The fourth-order valence-electron chi connectivity index (χ4n) is 1.55. The van der Waals surface area contributed by atoms with Gasteiger partial charge in [-0.2, -0.15) is 0 Å². The minimum atomic E-state index is -0.220. The molecule has 0 aliphatic heterocycles. The predicted molar refractivity (Wildman–Crippen MR) is 68.7 cm³/mol. The second-order valence-corrected chi connectivity index (χ2v) is 4.94. The summed E-state index contributed by atoms with van der Waals surface area (Å²) >= 11 is 0. The van der Waals surface area contributed by atoms with Crippen LogP contribution >= 0.6 is 0 Å². The Hall–Kier alpha value is -1.09. The van der Waals surface area contributed by atoms with Gasteiger partial charge in [0, 0.05) is 12.1 Å². The van der Waals surface area contributed by atoms with E-state index in [1.165, 1.54) is 12.1 Å². The molecule has 0 radical (unpaired) electrons. The Labute approximate surface area is 103 Å². The van der Waals surface area contributed by atoms with Gasteiger partial charge in [0.05, 0.1) is 6.10 Å². The molecule has 17 heavy (non-hydrogen) atoms. The van der Waals surface area contributed by atoms with E-state index in [4.69, 9.17) is 4.74 Å². The zero-order valence-electron chi connectivity index (χ0n) is 11.1. The van der Waals surface area contributed by atoms with Crippen LogP contribution in [-0.4, -0.2) is 12.6 Å². The zero-order chi connectivity index (χ0) is 12.8. The molecule has 0 aliphatic rings. The van der Waals surface area contributed by atoms with Gasteiger partial charge < -0.3 is 10.1 Å². The SMILES string of the molecule is CC(C)CNCc1cc(F)ccc1OC(C)C. The Morgan fingerprint density at radius 1 is 1.24 bits per heavy atom. The molecule has 96 valence electrons. The second-order valence-electron chi connectivity index (χ2n) is 4.94. The van der Waals surface area contributed by atoms with E-state index in [0.717, 1.165) is 17.9 Å². The molecule has 0 heterocycles. The van der Waals surface area contributed by atoms with Crippen molar-refractivity contribution in [1.82, 2.24) is 5.32 Å². The Morgan fingerprint density at radius 3 is 2.53 bits per heavy atom. The van der Waals surface area contributed by atoms with Crippen LogP contribution in [0.15, 0.2) is 18.2 Å². The van der Waals surface area contributed by atoms with Crippen LogP contribution in [0.1, 0.15) is 33.3 Å². The standard InChI is InChI=1S/C14H22FNO/c1-10(2)8-16-9-12-7-13(15)5-6-14(12)17-11(3)4/h5-7,10-11,16H,8-9H2,1-4H3. The van der Waals surface area contributed by atoms with Crippen LogP contribution in [-0.2, 0) is 6.54 Å². The number of ether oxygens (including phenoxy) is 1. The second kappa shape index (κ2) is 6.60. The quantitative estimate of drug-likeness (QED) is 0.822. The summed E-state index contributed by atoms with van der Waals surface area (Å²) in [4.78, 5) is 0. The van der Waals surface area contributed by atoms with Crippen molar-refractivity contribution in [3.63, 3.8) is 0 Å². The summed E-state index contributed by atoms with van der Waals surface area (Å²) in [6.45, 7) is 9.77. The average molecular weight is 239 g/mol. The molecule has 2 nitrogen and oxygen atoms in total. The molecule has 0 amide bonds. The molecule has 1 aromatic carbocycles. The number of halogens is 1. The van der Waals surface area contributed by atoms with Crippen molar-refractivity contribution in [1.29, 1.82) is 0 Å². The first kappa shape index (κ1) is 14.0. The summed E-state index contributed by atoms with van der Waals surface area (Å²) in [7, 11) is 0. The third kappa shape index (κ3) is 5.18. The van der Waals surface area contributed by atoms with E-state index < -0.39 is 0 Å². The van der Waals surface area contributed by atoms with E-state index in [0.29, 0.717) is 12.5 Å². The number of nitrogens with one attached hydrogen (secondary N) is 1. The lowest BCUT2D eigenvalue weighted by molar-refractivity contribution is 0.239. The molecule has 0 fully saturated rings. The first-order chi connectivity index (χ1) is 7.99. The van der Waals surface area contributed by atoms with Gasteiger partial charge >= 0.3 is 0 Å². The molecule has 0 atom stereocenters. The van der Waals surface area contributed by atoms with Gasteiger partial charge in [0.1, 0.15) is 11.6 Å². The molecular formula is C14H22FNO. The minimum absolute atomic E-state index is 0.101. The Balaban J connectivity index is 2.69. The lowest BCUT2D eigenvalue weighted by Crippen LogP contribution is -2.20. The van der Waals surface area contributed by atoms with Crippen LogP contribution in [0.4, 0.5) is 4.39 Å². The Kier molecular flexibility index (Phi) is 5.42. The third-order valence-electron chi connectivity index (χ3n) is 2.25. The maximum atomic E-state index is 13.2. The van der Waals surface area contributed by atoms with Crippen LogP contribution in [0.5, 0.6) is 5.75 Å². The van der Waals surface area contributed by atoms with Crippen molar-refractivity contribution in [2.24, 2.45) is 5.92 Å². The van der Waals surface area contributed by atoms with Gasteiger partial charge in [-0.05, 0) is 44.5 Å². The Bertz CT molecular complexity index is 350. The highest BCUT2D eigenvalue weighted by molar-refractivity contribution is 5.34. The van der Waals surface area contributed by atoms with Crippen molar-refractivity contribution in [2.45, 2.75) is 40.3 Å². The topological polar surface area (TPSA) is 21.3 Å². The van der Waals surface area contributed by atoms with Crippen LogP contribution in [0.25, 0.3) is 0 Å². The molecule has 0 unspecified atom stereocenters. The van der Waals surface area contributed by atoms with Crippen molar-refractivity contribution in [3.8, 4) is 5.75 Å². The number of hydrogen-bond acceptors (Lipinski definition) is 2. The van der Waals surface area contributed by atoms with Gasteiger partial charge in [-0.25, -0.2) is 4.39 Å². The molecule has 3 heteroatoms. The maximum absolute atomic E-state index is 13.2. The summed E-state index contributed by atoms with van der Waals surface area (Å²) in [5.74, 6) is 1.12. The molecule has 0 aliphatic carbocycles. The summed E-state index contributed by atoms with van der Waals surface area (Å²) in [6.07, 6.45) is 0.101. The van der Waals surface area contributed by atoms with Crippen molar-refractivity contribution in [2.75, 3.05) is 6.54 Å². The summed E-state index contributed by atoms with van der Waals surface area (Å²) in [5.41, 5.74) is 0.874. The summed E-state index contributed by atoms with van der Waals surface area (Å²) in [5, 5.41) is 3.30. The molecule has 0 spiro atoms. The van der Waals surface area contributed by atoms with E-state index in [1.54, 1.807) is 6.07 Å². The summed E-state index contributed by atoms with van der Waals surface area (Å²) in [6, 6.07) is 4.66. The van der Waals surface area contributed by atoms with Gasteiger partial charge in [-0.3, -0.25) is 0 Å². The van der Waals surface area contributed by atoms with Gasteiger partial charge in [-0.1, -0.05) is 13.8 Å². The molecular weight excluding hydrogens is 217 g/mol. The van der Waals surface area contributed by atoms with E-state index in [9.17, 15) is 4.39 Å². The van der Waals surface area contributed by atoms with Gasteiger partial charge in [0.2, 0.25) is 0 Å². The van der Waals surface area contributed by atoms with Crippen LogP contribution in [0.2, 0.25) is 0 Å². The van der Waals surface area contributed by atoms with Crippen LogP contribution in [0.3, 0.4) is 0 Å². The average Bonchev–Trinajstić information content (AvgIpc) is 2.21. The van der Waals surface area contributed by atoms with Crippen LogP contribution < -0.4 is 10.1 Å².